The van der Waals surface area contributed by atoms with Gasteiger partial charge in [0.25, 0.3) is 11.8 Å². The minimum Gasteiger partial charge on any atom is -0.465 e. The average Bonchev–Trinajstić information content (AvgIpc) is 3.04. The molecule has 2 amide bonds. The summed E-state index contributed by atoms with van der Waals surface area (Å²) in [6, 6.07) is 17.3. The third-order valence-electron chi connectivity index (χ3n) is 5.24. The van der Waals surface area contributed by atoms with Crippen molar-refractivity contribution in [1.82, 2.24) is 0 Å². The molecule has 0 aromatic heterocycles. The highest BCUT2D eigenvalue weighted by Gasteiger charge is 2.43. The number of amides is 2. The molecule has 7 heteroatoms. The molecule has 0 radical (unpaired) electrons. The van der Waals surface area contributed by atoms with E-state index >= 15 is 0 Å². The number of anilines is 2. The molecule has 1 aliphatic rings. The highest BCUT2D eigenvalue weighted by atomic mass is 35.5. The van der Waals surface area contributed by atoms with E-state index in [-0.39, 0.29) is 16.7 Å². The summed E-state index contributed by atoms with van der Waals surface area (Å²) in [5, 5.41) is 3.94. The van der Waals surface area contributed by atoms with Crippen LogP contribution in [-0.2, 0) is 4.74 Å². The fourth-order valence-electron chi connectivity index (χ4n) is 3.88. The molecular weight excluding hydrogens is 440 g/mol. The Balaban J connectivity index is 2.06. The van der Waals surface area contributed by atoms with Gasteiger partial charge in [-0.1, -0.05) is 41.9 Å². The van der Waals surface area contributed by atoms with E-state index in [0.29, 0.717) is 22.0 Å². The van der Waals surface area contributed by atoms with Crippen LogP contribution in [0.25, 0.3) is 11.1 Å². The fraction of sp³-hybridized carbons (Fsp3) is 0.192. The summed E-state index contributed by atoms with van der Waals surface area (Å²) in [6.07, 6.45) is 0. The number of esters is 1. The van der Waals surface area contributed by atoms with Gasteiger partial charge in [0.1, 0.15) is 0 Å². The third kappa shape index (κ3) is 4.10. The van der Waals surface area contributed by atoms with Crippen molar-refractivity contribution in [3.8, 4) is 11.1 Å². The number of nitrogens with one attached hydrogen (secondary N) is 1. The second-order valence-corrected chi connectivity index (χ2v) is 9.19. The molecular formula is C26H23ClN2O4. The SMILES string of the molecule is COC(=O)c1cc(-c2ccc(Cl)cc2)c(NC(C)(C)C)c2c1C(=O)N(c1ccccc1)C2=O. The molecule has 1 N–H and O–H groups in total. The Hall–Kier alpha value is -3.64. The number of halogens is 1. The number of hydrogen-bond donors (Lipinski definition) is 1. The average molecular weight is 463 g/mol. The largest absolute Gasteiger partial charge is 0.465 e. The zero-order valence-electron chi connectivity index (χ0n) is 18.7. The number of para-hydroxylation sites is 1. The van der Waals surface area contributed by atoms with E-state index in [1.165, 1.54) is 7.11 Å². The summed E-state index contributed by atoms with van der Waals surface area (Å²) in [7, 11) is 1.24. The summed E-state index contributed by atoms with van der Waals surface area (Å²) < 4.78 is 4.97. The number of benzene rings is 3. The van der Waals surface area contributed by atoms with Gasteiger partial charge in [-0.3, -0.25) is 9.59 Å². The first kappa shape index (κ1) is 22.6. The third-order valence-corrected chi connectivity index (χ3v) is 5.49. The van der Waals surface area contributed by atoms with E-state index in [1.54, 1.807) is 60.7 Å². The molecule has 168 valence electrons. The summed E-state index contributed by atoms with van der Waals surface area (Å²) in [5.74, 6) is -1.77. The number of carbonyl (C=O) groups is 3. The molecule has 0 bridgehead atoms. The number of methoxy groups -OCH3 is 1. The minimum atomic E-state index is -0.695. The van der Waals surface area contributed by atoms with Crippen LogP contribution in [-0.4, -0.2) is 30.4 Å². The van der Waals surface area contributed by atoms with Crippen LogP contribution in [0.5, 0.6) is 0 Å². The molecule has 0 saturated carbocycles. The smallest absolute Gasteiger partial charge is 0.338 e. The van der Waals surface area contributed by atoms with E-state index < -0.39 is 23.3 Å². The number of hydrogen-bond acceptors (Lipinski definition) is 5. The lowest BCUT2D eigenvalue weighted by Gasteiger charge is -2.26. The van der Waals surface area contributed by atoms with Crippen LogP contribution in [0, 0.1) is 0 Å². The molecule has 0 unspecified atom stereocenters. The summed E-state index contributed by atoms with van der Waals surface area (Å²) >= 11 is 6.08. The molecule has 6 nitrogen and oxygen atoms in total. The van der Waals surface area contributed by atoms with Gasteiger partial charge in [0.15, 0.2) is 0 Å². The van der Waals surface area contributed by atoms with Gasteiger partial charge in [-0.15, -0.1) is 0 Å². The molecule has 0 aliphatic carbocycles. The van der Waals surface area contributed by atoms with E-state index in [4.69, 9.17) is 16.3 Å². The van der Waals surface area contributed by atoms with Gasteiger partial charge in [-0.2, -0.15) is 0 Å². The lowest BCUT2D eigenvalue weighted by atomic mass is 9.91. The van der Waals surface area contributed by atoms with Crippen LogP contribution in [0.1, 0.15) is 51.8 Å². The normalized spacial score (nSPS) is 13.2. The number of imide groups is 1. The standard InChI is InChI=1S/C26H23ClN2O4/c1-26(2,3)28-22-18(15-10-12-16(27)13-11-15)14-19(25(32)33-4)20-21(22)24(31)29(23(20)30)17-8-6-5-7-9-17/h5-14,28H,1-4H3. The van der Waals surface area contributed by atoms with Crippen molar-refractivity contribution in [3.05, 3.63) is 82.4 Å². The molecule has 33 heavy (non-hydrogen) atoms. The summed E-state index contributed by atoms with van der Waals surface area (Å²) in [5.41, 5.74) is 2.00. The fourth-order valence-corrected chi connectivity index (χ4v) is 4.01. The number of nitrogens with zero attached hydrogens (tertiary/aromatic N) is 1. The zero-order valence-corrected chi connectivity index (χ0v) is 19.5. The Kier molecular flexibility index (Phi) is 5.72. The Labute approximate surface area is 197 Å². The molecule has 4 rings (SSSR count). The van der Waals surface area contributed by atoms with Gasteiger partial charge in [0.05, 0.1) is 35.2 Å². The van der Waals surface area contributed by atoms with Crippen LogP contribution < -0.4 is 10.2 Å². The monoisotopic (exact) mass is 462 g/mol. The van der Waals surface area contributed by atoms with Gasteiger partial charge in [-0.05, 0) is 56.7 Å². The summed E-state index contributed by atoms with van der Waals surface area (Å²) in [4.78, 5) is 41.1. The van der Waals surface area contributed by atoms with Crippen LogP contribution in [0.4, 0.5) is 11.4 Å². The molecule has 0 atom stereocenters. The maximum absolute atomic E-state index is 13.7. The molecule has 1 heterocycles. The van der Waals surface area contributed by atoms with Crippen molar-refractivity contribution in [1.29, 1.82) is 0 Å². The van der Waals surface area contributed by atoms with Gasteiger partial charge < -0.3 is 10.1 Å². The Morgan fingerprint density at radius 1 is 0.939 bits per heavy atom. The minimum absolute atomic E-state index is 0.0279. The maximum atomic E-state index is 13.7. The Bertz CT molecular complexity index is 1260. The second kappa shape index (κ2) is 8.37. The zero-order chi connectivity index (χ0) is 23.9. The predicted octanol–water partition coefficient (Wildman–Crippen LogP) is 5.80. The lowest BCUT2D eigenvalue weighted by molar-refractivity contribution is 0.0597. The van der Waals surface area contributed by atoms with Gasteiger partial charge >= 0.3 is 5.97 Å². The highest BCUT2D eigenvalue weighted by Crippen LogP contribution is 2.42. The topological polar surface area (TPSA) is 75.7 Å². The molecule has 1 aliphatic heterocycles. The van der Waals surface area contributed by atoms with E-state index in [2.05, 4.69) is 5.32 Å². The lowest BCUT2D eigenvalue weighted by Crippen LogP contribution is -2.30. The Morgan fingerprint density at radius 2 is 1.55 bits per heavy atom. The summed E-state index contributed by atoms with van der Waals surface area (Å²) in [6.45, 7) is 5.86. The highest BCUT2D eigenvalue weighted by molar-refractivity contribution is 6.38. The van der Waals surface area contributed by atoms with Crippen molar-refractivity contribution in [2.24, 2.45) is 0 Å². The molecule has 3 aromatic carbocycles. The molecule has 0 saturated heterocycles. The van der Waals surface area contributed by atoms with Crippen LogP contribution >= 0.6 is 11.6 Å². The Morgan fingerprint density at radius 3 is 2.12 bits per heavy atom. The van der Waals surface area contributed by atoms with Crippen LogP contribution in [0.3, 0.4) is 0 Å². The quantitative estimate of drug-likeness (QED) is 0.391. The first-order chi connectivity index (χ1) is 15.6. The molecule has 0 spiro atoms. The molecule has 3 aromatic rings. The van der Waals surface area contributed by atoms with Gasteiger partial charge in [-0.25, -0.2) is 9.69 Å². The van der Waals surface area contributed by atoms with Crippen molar-refractivity contribution >= 4 is 40.8 Å². The number of ether oxygens (including phenoxy) is 1. The van der Waals surface area contributed by atoms with Crippen molar-refractivity contribution in [2.45, 2.75) is 26.3 Å². The molecule has 0 fully saturated rings. The van der Waals surface area contributed by atoms with E-state index in [1.807, 2.05) is 20.8 Å². The second-order valence-electron chi connectivity index (χ2n) is 8.75. The number of rotatable bonds is 4. The van der Waals surface area contributed by atoms with Crippen molar-refractivity contribution in [3.63, 3.8) is 0 Å². The van der Waals surface area contributed by atoms with Gasteiger partial charge in [0.2, 0.25) is 0 Å². The first-order valence-electron chi connectivity index (χ1n) is 10.4. The van der Waals surface area contributed by atoms with E-state index in [9.17, 15) is 14.4 Å². The maximum Gasteiger partial charge on any atom is 0.338 e. The predicted molar refractivity (Wildman–Crippen MR) is 129 cm³/mol. The van der Waals surface area contributed by atoms with Crippen molar-refractivity contribution < 1.29 is 19.1 Å². The van der Waals surface area contributed by atoms with Crippen LogP contribution in [0.15, 0.2) is 60.7 Å². The van der Waals surface area contributed by atoms with Crippen LogP contribution in [0.2, 0.25) is 5.02 Å². The number of carbonyl (C=O) groups excluding carboxylic acids is 3. The first-order valence-corrected chi connectivity index (χ1v) is 10.8. The van der Waals surface area contributed by atoms with Crippen molar-refractivity contribution in [2.75, 3.05) is 17.3 Å². The van der Waals surface area contributed by atoms with Gasteiger partial charge in [0, 0.05) is 16.1 Å². The number of fused-ring (bicyclic) bond motifs is 1. The van der Waals surface area contributed by atoms with E-state index in [0.717, 1.165) is 10.5 Å².